The summed E-state index contributed by atoms with van der Waals surface area (Å²) >= 11 is 6.35. The quantitative estimate of drug-likeness (QED) is 0.565. The van der Waals surface area contributed by atoms with Gasteiger partial charge in [-0.25, -0.2) is 0 Å². The van der Waals surface area contributed by atoms with E-state index in [0.717, 1.165) is 34.4 Å². The van der Waals surface area contributed by atoms with Crippen molar-refractivity contribution in [1.82, 2.24) is 0 Å². The fourth-order valence-corrected chi connectivity index (χ4v) is 3.13. The van der Waals surface area contributed by atoms with Crippen molar-refractivity contribution in [1.29, 1.82) is 0 Å². The van der Waals surface area contributed by atoms with Gasteiger partial charge in [-0.05, 0) is 29.2 Å². The molecule has 1 atom stereocenters. The molecule has 3 rings (SSSR count). The Kier molecular flexibility index (Phi) is 4.89. The molecule has 0 fully saturated rings. The first kappa shape index (κ1) is 15.5. The van der Waals surface area contributed by atoms with Gasteiger partial charge in [-0.15, -0.1) is 0 Å². The molecule has 0 spiro atoms. The summed E-state index contributed by atoms with van der Waals surface area (Å²) in [6, 6.07) is 25.9. The highest BCUT2D eigenvalue weighted by atomic mass is 35.5. The van der Waals surface area contributed by atoms with Crippen LogP contribution in [-0.4, -0.2) is 6.29 Å². The third-order valence-electron chi connectivity index (χ3n) is 4.08. The fraction of sp³-hybridized carbons (Fsp3) is 0.0952. The van der Waals surface area contributed by atoms with Crippen molar-refractivity contribution < 1.29 is 4.79 Å². The Hall–Kier alpha value is -2.38. The normalized spacial score (nSPS) is 11.9. The second-order valence-electron chi connectivity index (χ2n) is 5.51. The molecular weight excluding hydrogens is 304 g/mol. The minimum Gasteiger partial charge on any atom is -0.298 e. The van der Waals surface area contributed by atoms with Crippen molar-refractivity contribution in [2.24, 2.45) is 0 Å². The van der Waals surface area contributed by atoms with E-state index >= 15 is 0 Å². The van der Waals surface area contributed by atoms with E-state index in [2.05, 4.69) is 12.1 Å². The van der Waals surface area contributed by atoms with Gasteiger partial charge >= 0.3 is 0 Å². The van der Waals surface area contributed by atoms with E-state index < -0.39 is 0 Å². The minimum atomic E-state index is 0.0949. The largest absolute Gasteiger partial charge is 0.298 e. The second kappa shape index (κ2) is 7.26. The number of aldehydes is 1. The maximum Gasteiger partial charge on any atom is 0.150 e. The van der Waals surface area contributed by atoms with Gasteiger partial charge in [0.1, 0.15) is 6.29 Å². The number of halogens is 1. The van der Waals surface area contributed by atoms with Crippen molar-refractivity contribution in [2.75, 3.05) is 0 Å². The zero-order valence-electron chi connectivity index (χ0n) is 12.7. The summed E-state index contributed by atoms with van der Waals surface area (Å²) < 4.78 is 0. The van der Waals surface area contributed by atoms with Gasteiger partial charge in [-0.2, -0.15) is 0 Å². The Bertz CT molecular complexity index is 796. The number of rotatable bonds is 5. The van der Waals surface area contributed by atoms with Crippen LogP contribution in [0.1, 0.15) is 33.0 Å². The van der Waals surface area contributed by atoms with Crippen molar-refractivity contribution >= 4 is 17.9 Å². The standard InChI is InChI=1S/C21H17ClO/c22-21-13-7-5-10-17(21)14-20(16-8-2-1-3-9-16)19-12-6-4-11-18(19)15-23/h1-13,15,20H,14H2/t20-/m1/s1. The predicted octanol–water partition coefficient (Wildman–Crippen LogP) is 5.53. The maximum absolute atomic E-state index is 11.5. The lowest BCUT2D eigenvalue weighted by Crippen LogP contribution is -2.08. The summed E-state index contributed by atoms with van der Waals surface area (Å²) in [4.78, 5) is 11.5. The van der Waals surface area contributed by atoms with Crippen LogP contribution >= 0.6 is 11.6 Å². The Morgan fingerprint density at radius 3 is 2.22 bits per heavy atom. The Labute approximate surface area is 141 Å². The summed E-state index contributed by atoms with van der Waals surface area (Å²) in [5.41, 5.74) is 4.03. The average Bonchev–Trinajstić information content (AvgIpc) is 2.62. The monoisotopic (exact) mass is 320 g/mol. The van der Waals surface area contributed by atoms with Gasteiger partial charge < -0.3 is 0 Å². The maximum atomic E-state index is 11.5. The topological polar surface area (TPSA) is 17.1 Å². The first-order valence-corrected chi connectivity index (χ1v) is 8.00. The van der Waals surface area contributed by atoms with Gasteiger partial charge in [-0.1, -0.05) is 84.4 Å². The molecule has 2 heteroatoms. The Balaban J connectivity index is 2.08. The highest BCUT2D eigenvalue weighted by Gasteiger charge is 2.18. The SMILES string of the molecule is O=Cc1ccccc1[C@H](Cc1ccccc1Cl)c1ccccc1. The van der Waals surface area contributed by atoms with Crippen molar-refractivity contribution in [3.05, 3.63) is 106 Å². The lowest BCUT2D eigenvalue weighted by Gasteiger charge is -2.20. The fourth-order valence-electron chi connectivity index (χ4n) is 2.91. The van der Waals surface area contributed by atoms with Crippen LogP contribution in [0.25, 0.3) is 0 Å². The van der Waals surface area contributed by atoms with Crippen LogP contribution in [0.15, 0.2) is 78.9 Å². The molecule has 114 valence electrons. The average molecular weight is 321 g/mol. The van der Waals surface area contributed by atoms with Gasteiger partial charge in [-0.3, -0.25) is 4.79 Å². The van der Waals surface area contributed by atoms with Crippen molar-refractivity contribution in [2.45, 2.75) is 12.3 Å². The van der Waals surface area contributed by atoms with Gasteiger partial charge in [0.25, 0.3) is 0 Å². The number of hydrogen-bond donors (Lipinski definition) is 0. The predicted molar refractivity (Wildman–Crippen MR) is 95.3 cm³/mol. The molecule has 0 bridgehead atoms. The van der Waals surface area contributed by atoms with Crippen LogP contribution in [0.2, 0.25) is 5.02 Å². The highest BCUT2D eigenvalue weighted by Crippen LogP contribution is 2.32. The number of carbonyl (C=O) groups excluding carboxylic acids is 1. The molecule has 0 amide bonds. The summed E-state index contributed by atoms with van der Waals surface area (Å²) in [6.45, 7) is 0. The first-order valence-electron chi connectivity index (χ1n) is 7.62. The van der Waals surface area contributed by atoms with E-state index in [4.69, 9.17) is 11.6 Å². The molecule has 0 aliphatic heterocycles. The molecule has 3 aromatic carbocycles. The molecule has 1 nitrogen and oxygen atoms in total. The molecule has 0 saturated carbocycles. The van der Waals surface area contributed by atoms with E-state index in [0.29, 0.717) is 0 Å². The lowest BCUT2D eigenvalue weighted by molar-refractivity contribution is 0.112. The Morgan fingerprint density at radius 2 is 1.48 bits per heavy atom. The highest BCUT2D eigenvalue weighted by molar-refractivity contribution is 6.31. The molecule has 0 aliphatic carbocycles. The van der Waals surface area contributed by atoms with Crippen LogP contribution < -0.4 is 0 Å². The van der Waals surface area contributed by atoms with Crippen molar-refractivity contribution in [3.8, 4) is 0 Å². The lowest BCUT2D eigenvalue weighted by atomic mass is 9.84. The number of benzene rings is 3. The molecule has 23 heavy (non-hydrogen) atoms. The molecule has 0 saturated heterocycles. The molecule has 0 unspecified atom stereocenters. The van der Waals surface area contributed by atoms with E-state index in [1.165, 1.54) is 5.56 Å². The zero-order valence-corrected chi connectivity index (χ0v) is 13.4. The zero-order chi connectivity index (χ0) is 16.1. The summed E-state index contributed by atoms with van der Waals surface area (Å²) in [5, 5.41) is 0.761. The molecular formula is C21H17ClO. The van der Waals surface area contributed by atoms with E-state index in [1.807, 2.05) is 66.7 Å². The van der Waals surface area contributed by atoms with Crippen LogP contribution in [0.5, 0.6) is 0 Å². The van der Waals surface area contributed by atoms with E-state index in [9.17, 15) is 4.79 Å². The summed E-state index contributed by atoms with van der Waals surface area (Å²) in [5.74, 6) is 0.0949. The van der Waals surface area contributed by atoms with E-state index in [-0.39, 0.29) is 5.92 Å². The molecule has 0 heterocycles. The second-order valence-corrected chi connectivity index (χ2v) is 5.91. The van der Waals surface area contributed by atoms with Crippen LogP contribution in [0.4, 0.5) is 0 Å². The summed E-state index contributed by atoms with van der Waals surface area (Å²) in [6.07, 6.45) is 1.69. The van der Waals surface area contributed by atoms with Gasteiger partial charge in [0.15, 0.2) is 0 Å². The third kappa shape index (κ3) is 3.52. The number of hydrogen-bond acceptors (Lipinski definition) is 1. The molecule has 3 aromatic rings. The molecule has 0 aliphatic rings. The van der Waals surface area contributed by atoms with Crippen LogP contribution in [0, 0.1) is 0 Å². The molecule has 0 N–H and O–H groups in total. The number of carbonyl (C=O) groups is 1. The first-order chi connectivity index (χ1) is 11.3. The van der Waals surface area contributed by atoms with Crippen molar-refractivity contribution in [3.63, 3.8) is 0 Å². The molecule has 0 aromatic heterocycles. The van der Waals surface area contributed by atoms with Gasteiger partial charge in [0.05, 0.1) is 0 Å². The Morgan fingerprint density at radius 1 is 0.826 bits per heavy atom. The smallest absolute Gasteiger partial charge is 0.150 e. The van der Waals surface area contributed by atoms with Crippen LogP contribution in [-0.2, 0) is 6.42 Å². The summed E-state index contributed by atoms with van der Waals surface area (Å²) in [7, 11) is 0. The minimum absolute atomic E-state index is 0.0949. The van der Waals surface area contributed by atoms with E-state index in [1.54, 1.807) is 0 Å². The molecule has 0 radical (unpaired) electrons. The van der Waals surface area contributed by atoms with Crippen LogP contribution in [0.3, 0.4) is 0 Å². The third-order valence-corrected chi connectivity index (χ3v) is 4.45. The van der Waals surface area contributed by atoms with Gasteiger partial charge in [0, 0.05) is 16.5 Å². The van der Waals surface area contributed by atoms with Gasteiger partial charge in [0.2, 0.25) is 0 Å².